The SMILES string of the molecule is CCC(C)C1CCC(S(=O)(=O)CC(C)(C)O)CC1. The smallest absolute Gasteiger partial charge is 0.155 e. The molecule has 1 fully saturated rings. The Morgan fingerprint density at radius 3 is 2.11 bits per heavy atom. The van der Waals surface area contributed by atoms with Gasteiger partial charge < -0.3 is 5.11 Å². The molecule has 0 aromatic carbocycles. The zero-order chi connectivity index (χ0) is 14.0. The van der Waals surface area contributed by atoms with Gasteiger partial charge in [-0.15, -0.1) is 0 Å². The fourth-order valence-corrected chi connectivity index (χ4v) is 5.17. The summed E-state index contributed by atoms with van der Waals surface area (Å²) in [6.45, 7) is 7.59. The van der Waals surface area contributed by atoms with Crippen LogP contribution in [0.25, 0.3) is 0 Å². The molecule has 18 heavy (non-hydrogen) atoms. The summed E-state index contributed by atoms with van der Waals surface area (Å²) in [7, 11) is -3.15. The lowest BCUT2D eigenvalue weighted by molar-refractivity contribution is 0.104. The largest absolute Gasteiger partial charge is 0.389 e. The highest BCUT2D eigenvalue weighted by Crippen LogP contribution is 2.35. The van der Waals surface area contributed by atoms with E-state index in [1.165, 1.54) is 6.42 Å². The summed E-state index contributed by atoms with van der Waals surface area (Å²) >= 11 is 0. The molecule has 0 aromatic heterocycles. The van der Waals surface area contributed by atoms with Crippen molar-refractivity contribution in [1.82, 2.24) is 0 Å². The number of hydrogen-bond donors (Lipinski definition) is 1. The third kappa shape index (κ3) is 4.54. The maximum atomic E-state index is 12.2. The molecule has 0 bridgehead atoms. The molecule has 1 atom stereocenters. The molecule has 0 radical (unpaired) electrons. The van der Waals surface area contributed by atoms with Crippen LogP contribution in [-0.4, -0.2) is 30.1 Å². The van der Waals surface area contributed by atoms with Crippen molar-refractivity contribution >= 4 is 9.84 Å². The maximum Gasteiger partial charge on any atom is 0.155 e. The van der Waals surface area contributed by atoms with Crippen LogP contribution in [-0.2, 0) is 9.84 Å². The predicted octanol–water partition coefficient (Wildman–Crippen LogP) is 2.78. The van der Waals surface area contributed by atoms with Gasteiger partial charge in [-0.25, -0.2) is 8.42 Å². The summed E-state index contributed by atoms with van der Waals surface area (Å²) in [6.07, 6.45) is 4.75. The Hall–Kier alpha value is -0.0900. The predicted molar refractivity (Wildman–Crippen MR) is 75.3 cm³/mol. The van der Waals surface area contributed by atoms with Crippen LogP contribution in [0, 0.1) is 11.8 Å². The minimum absolute atomic E-state index is 0.112. The molecule has 1 aliphatic rings. The Labute approximate surface area is 112 Å². The maximum absolute atomic E-state index is 12.2. The molecule has 3 nitrogen and oxygen atoms in total. The molecular weight excluding hydrogens is 248 g/mol. The first-order chi connectivity index (χ1) is 8.15. The van der Waals surface area contributed by atoms with Crippen molar-refractivity contribution in [2.45, 2.75) is 70.7 Å². The number of hydrogen-bond acceptors (Lipinski definition) is 3. The van der Waals surface area contributed by atoms with Crippen molar-refractivity contribution in [3.05, 3.63) is 0 Å². The van der Waals surface area contributed by atoms with Crippen LogP contribution in [0.1, 0.15) is 59.8 Å². The molecule has 1 rings (SSSR count). The molecule has 0 aromatic rings. The molecule has 0 heterocycles. The van der Waals surface area contributed by atoms with Crippen LogP contribution in [0.5, 0.6) is 0 Å². The van der Waals surface area contributed by atoms with Gasteiger partial charge in [-0.2, -0.15) is 0 Å². The van der Waals surface area contributed by atoms with Gasteiger partial charge in [0.2, 0.25) is 0 Å². The summed E-state index contributed by atoms with van der Waals surface area (Å²) in [5, 5.41) is 9.45. The average molecular weight is 276 g/mol. The highest BCUT2D eigenvalue weighted by atomic mass is 32.2. The van der Waals surface area contributed by atoms with Crippen molar-refractivity contribution in [3.63, 3.8) is 0 Å². The van der Waals surface area contributed by atoms with E-state index in [1.54, 1.807) is 13.8 Å². The van der Waals surface area contributed by atoms with E-state index in [-0.39, 0.29) is 11.0 Å². The van der Waals surface area contributed by atoms with Crippen LogP contribution in [0.2, 0.25) is 0 Å². The van der Waals surface area contributed by atoms with Crippen molar-refractivity contribution in [1.29, 1.82) is 0 Å². The second kappa shape index (κ2) is 5.91. The van der Waals surface area contributed by atoms with Gasteiger partial charge in [0, 0.05) is 0 Å². The third-order valence-corrected chi connectivity index (χ3v) is 6.83. The van der Waals surface area contributed by atoms with Crippen LogP contribution in [0.4, 0.5) is 0 Å². The molecule has 0 aliphatic heterocycles. The molecule has 1 unspecified atom stereocenters. The highest BCUT2D eigenvalue weighted by Gasteiger charge is 2.35. The lowest BCUT2D eigenvalue weighted by atomic mass is 9.80. The first-order valence-electron chi connectivity index (χ1n) is 7.09. The number of aliphatic hydroxyl groups is 1. The molecule has 1 N–H and O–H groups in total. The van der Waals surface area contributed by atoms with Gasteiger partial charge in [0.05, 0.1) is 16.6 Å². The highest BCUT2D eigenvalue weighted by molar-refractivity contribution is 7.92. The van der Waals surface area contributed by atoms with Gasteiger partial charge >= 0.3 is 0 Å². The molecule has 108 valence electrons. The lowest BCUT2D eigenvalue weighted by Crippen LogP contribution is -2.38. The van der Waals surface area contributed by atoms with E-state index >= 15 is 0 Å². The molecule has 1 saturated carbocycles. The van der Waals surface area contributed by atoms with Gasteiger partial charge in [0.25, 0.3) is 0 Å². The van der Waals surface area contributed by atoms with E-state index in [0.29, 0.717) is 11.8 Å². The Balaban J connectivity index is 2.57. The van der Waals surface area contributed by atoms with Crippen LogP contribution in [0.3, 0.4) is 0 Å². The second-order valence-corrected chi connectivity index (χ2v) is 8.82. The van der Waals surface area contributed by atoms with Crippen LogP contribution >= 0.6 is 0 Å². The Bertz CT molecular complexity index is 346. The average Bonchev–Trinajstić information content (AvgIpc) is 2.25. The monoisotopic (exact) mass is 276 g/mol. The molecule has 0 spiro atoms. The minimum atomic E-state index is -3.15. The van der Waals surface area contributed by atoms with E-state index in [2.05, 4.69) is 13.8 Å². The van der Waals surface area contributed by atoms with Gasteiger partial charge in [0.15, 0.2) is 9.84 Å². The van der Waals surface area contributed by atoms with E-state index in [0.717, 1.165) is 25.7 Å². The summed E-state index contributed by atoms with van der Waals surface area (Å²) in [4.78, 5) is 0. The van der Waals surface area contributed by atoms with E-state index < -0.39 is 15.4 Å². The quantitative estimate of drug-likeness (QED) is 0.840. The fraction of sp³-hybridized carbons (Fsp3) is 1.00. The first-order valence-corrected chi connectivity index (χ1v) is 8.81. The zero-order valence-corrected chi connectivity index (χ0v) is 13.0. The number of rotatable bonds is 5. The Morgan fingerprint density at radius 1 is 1.22 bits per heavy atom. The molecule has 1 aliphatic carbocycles. The van der Waals surface area contributed by atoms with Gasteiger partial charge in [0.1, 0.15) is 0 Å². The standard InChI is InChI=1S/C14H28O3S/c1-5-11(2)12-6-8-13(9-7-12)18(16,17)10-14(3,4)15/h11-13,15H,5-10H2,1-4H3. The van der Waals surface area contributed by atoms with Crippen molar-refractivity contribution in [3.8, 4) is 0 Å². The normalized spacial score (nSPS) is 28.1. The minimum Gasteiger partial charge on any atom is -0.389 e. The zero-order valence-electron chi connectivity index (χ0n) is 12.1. The molecule has 0 amide bonds. The topological polar surface area (TPSA) is 54.4 Å². The van der Waals surface area contributed by atoms with Gasteiger partial charge in [-0.3, -0.25) is 0 Å². The van der Waals surface area contributed by atoms with Crippen molar-refractivity contribution in [2.24, 2.45) is 11.8 Å². The van der Waals surface area contributed by atoms with E-state index in [4.69, 9.17) is 0 Å². The van der Waals surface area contributed by atoms with E-state index in [9.17, 15) is 13.5 Å². The molecule has 0 saturated heterocycles. The summed E-state index contributed by atoms with van der Waals surface area (Å²) in [5.41, 5.74) is -1.12. The van der Waals surface area contributed by atoms with Gasteiger partial charge in [-0.1, -0.05) is 20.3 Å². The Kier molecular flexibility index (Phi) is 5.24. The second-order valence-electron chi connectivity index (χ2n) is 6.54. The van der Waals surface area contributed by atoms with Crippen molar-refractivity contribution < 1.29 is 13.5 Å². The Morgan fingerprint density at radius 2 is 1.72 bits per heavy atom. The molecular formula is C14H28O3S. The first kappa shape index (κ1) is 16.0. The number of sulfone groups is 1. The fourth-order valence-electron chi connectivity index (χ4n) is 2.96. The summed E-state index contributed by atoms with van der Waals surface area (Å²) in [5.74, 6) is 1.27. The van der Waals surface area contributed by atoms with Crippen molar-refractivity contribution in [2.75, 3.05) is 5.75 Å². The van der Waals surface area contributed by atoms with Gasteiger partial charge in [-0.05, 0) is 51.4 Å². The summed E-state index contributed by atoms with van der Waals surface area (Å²) < 4.78 is 24.4. The molecule has 4 heteroatoms. The summed E-state index contributed by atoms with van der Waals surface area (Å²) in [6, 6.07) is 0. The van der Waals surface area contributed by atoms with Crippen LogP contribution < -0.4 is 0 Å². The lowest BCUT2D eigenvalue weighted by Gasteiger charge is -2.32. The third-order valence-electron chi connectivity index (χ3n) is 4.23. The van der Waals surface area contributed by atoms with Crippen LogP contribution in [0.15, 0.2) is 0 Å². The van der Waals surface area contributed by atoms with E-state index in [1.807, 2.05) is 0 Å².